The fourth-order valence-electron chi connectivity index (χ4n) is 4.75. The fraction of sp³-hybridized carbons (Fsp3) is 0.364. The molecule has 3 aliphatic heterocycles. The number of hydrogen-bond acceptors (Lipinski definition) is 5. The highest BCUT2D eigenvalue weighted by molar-refractivity contribution is 6.30. The summed E-state index contributed by atoms with van der Waals surface area (Å²) in [6.45, 7) is 3.62. The van der Waals surface area contributed by atoms with Gasteiger partial charge in [-0.25, -0.2) is 4.98 Å². The van der Waals surface area contributed by atoms with E-state index in [1.54, 1.807) is 6.07 Å². The van der Waals surface area contributed by atoms with Gasteiger partial charge in [0.05, 0.1) is 0 Å². The summed E-state index contributed by atoms with van der Waals surface area (Å²) in [6, 6.07) is 14.6. The summed E-state index contributed by atoms with van der Waals surface area (Å²) in [5.41, 5.74) is 2.84. The predicted molar refractivity (Wildman–Crippen MR) is 110 cm³/mol. The van der Waals surface area contributed by atoms with Crippen molar-refractivity contribution in [3.8, 4) is 11.8 Å². The van der Waals surface area contributed by atoms with Crippen LogP contribution in [-0.4, -0.2) is 48.2 Å². The molecule has 0 bridgehead atoms. The maximum atomic E-state index is 9.14. The molecule has 5 rings (SSSR count). The van der Waals surface area contributed by atoms with Crippen molar-refractivity contribution >= 4 is 23.5 Å². The Morgan fingerprint density at radius 1 is 1.18 bits per heavy atom. The van der Waals surface area contributed by atoms with Gasteiger partial charge in [0.1, 0.15) is 29.9 Å². The number of anilines is 1. The van der Waals surface area contributed by atoms with Crippen LogP contribution in [0.25, 0.3) is 6.08 Å². The molecular weight excluding hydrogens is 372 g/mol. The van der Waals surface area contributed by atoms with E-state index in [0.717, 1.165) is 54.6 Å². The van der Waals surface area contributed by atoms with Crippen molar-refractivity contribution in [1.82, 2.24) is 9.88 Å². The van der Waals surface area contributed by atoms with Crippen LogP contribution >= 0.6 is 11.6 Å². The van der Waals surface area contributed by atoms with Gasteiger partial charge in [0.15, 0.2) is 0 Å². The van der Waals surface area contributed by atoms with Crippen LogP contribution in [-0.2, 0) is 0 Å². The first-order valence-corrected chi connectivity index (χ1v) is 10.1. The molecule has 2 fully saturated rings. The maximum Gasteiger partial charge on any atom is 0.142 e. The number of rotatable bonds is 3. The topological polar surface area (TPSA) is 52.4 Å². The Morgan fingerprint density at radius 3 is 2.96 bits per heavy atom. The first-order valence-electron chi connectivity index (χ1n) is 9.71. The van der Waals surface area contributed by atoms with Gasteiger partial charge in [0, 0.05) is 42.3 Å². The molecular formula is C22H21ClN4O. The maximum absolute atomic E-state index is 9.14. The molecule has 28 heavy (non-hydrogen) atoms. The minimum absolute atomic E-state index is 0.466. The number of benzene rings is 1. The predicted octanol–water partition coefficient (Wildman–Crippen LogP) is 3.74. The van der Waals surface area contributed by atoms with Crippen LogP contribution in [0.2, 0.25) is 5.02 Å². The standard InChI is InChI=1S/C22H21ClN4O/c23-17-4-5-21-16(11-17)10-15(14-28-21)13-26-8-6-20-19(26)7-9-27(20)22-3-1-2-18(12-24)25-22/h1-5,10-11,19-20H,6-9,13-14H2/t19-,20-/m0/s1. The van der Waals surface area contributed by atoms with Crippen molar-refractivity contribution in [1.29, 1.82) is 5.26 Å². The lowest BCUT2D eigenvalue weighted by molar-refractivity contribution is 0.257. The molecule has 0 amide bonds. The second-order valence-corrected chi connectivity index (χ2v) is 8.08. The molecule has 0 N–H and O–H groups in total. The van der Waals surface area contributed by atoms with Gasteiger partial charge in [0.2, 0.25) is 0 Å². The largest absolute Gasteiger partial charge is 0.489 e. The average Bonchev–Trinajstić information content (AvgIpc) is 3.31. The normalized spacial score (nSPS) is 23.6. The van der Waals surface area contributed by atoms with Crippen LogP contribution in [0.15, 0.2) is 42.0 Å². The van der Waals surface area contributed by atoms with E-state index in [4.69, 9.17) is 21.6 Å². The van der Waals surface area contributed by atoms with Crippen molar-refractivity contribution in [2.45, 2.75) is 24.9 Å². The van der Waals surface area contributed by atoms with Gasteiger partial charge in [-0.05, 0) is 54.8 Å². The van der Waals surface area contributed by atoms with Gasteiger partial charge in [-0.2, -0.15) is 5.26 Å². The molecule has 1 aromatic carbocycles. The Hall–Kier alpha value is -2.55. The number of pyridine rings is 1. The molecule has 0 radical (unpaired) electrons. The summed E-state index contributed by atoms with van der Waals surface area (Å²) in [5.74, 6) is 1.83. The average molecular weight is 393 g/mol. The number of aromatic nitrogens is 1. The first-order chi connectivity index (χ1) is 13.7. The smallest absolute Gasteiger partial charge is 0.142 e. The van der Waals surface area contributed by atoms with Gasteiger partial charge in [-0.3, -0.25) is 4.90 Å². The summed E-state index contributed by atoms with van der Waals surface area (Å²) in [6.07, 6.45) is 4.47. The molecule has 4 heterocycles. The van der Waals surface area contributed by atoms with E-state index in [0.29, 0.717) is 24.4 Å². The van der Waals surface area contributed by atoms with E-state index < -0.39 is 0 Å². The SMILES string of the molecule is N#Cc1cccc(N2CC[C@H]3[C@@H]2CCN3CC2=Cc3cc(Cl)ccc3OC2)n1. The third kappa shape index (κ3) is 3.13. The fourth-order valence-corrected chi connectivity index (χ4v) is 4.93. The van der Waals surface area contributed by atoms with Crippen LogP contribution in [0.5, 0.6) is 5.75 Å². The molecule has 5 nitrogen and oxygen atoms in total. The minimum atomic E-state index is 0.466. The number of hydrogen-bond donors (Lipinski definition) is 0. The Labute approximate surface area is 169 Å². The highest BCUT2D eigenvalue weighted by Crippen LogP contribution is 2.36. The van der Waals surface area contributed by atoms with Gasteiger partial charge < -0.3 is 9.64 Å². The monoisotopic (exact) mass is 392 g/mol. The molecule has 2 saturated heterocycles. The molecule has 0 unspecified atom stereocenters. The molecule has 0 saturated carbocycles. The van der Waals surface area contributed by atoms with Crippen molar-refractivity contribution in [3.05, 3.63) is 58.3 Å². The van der Waals surface area contributed by atoms with Crippen molar-refractivity contribution in [2.24, 2.45) is 0 Å². The summed E-state index contributed by atoms with van der Waals surface area (Å²) < 4.78 is 5.92. The molecule has 142 valence electrons. The molecule has 0 spiro atoms. The van der Waals surface area contributed by atoms with Crippen LogP contribution in [0.1, 0.15) is 24.1 Å². The Morgan fingerprint density at radius 2 is 2.07 bits per heavy atom. The van der Waals surface area contributed by atoms with Gasteiger partial charge in [0.25, 0.3) is 0 Å². The Kier molecular flexibility index (Phi) is 4.46. The first kappa shape index (κ1) is 17.5. The molecule has 0 aliphatic carbocycles. The third-order valence-electron chi connectivity index (χ3n) is 5.99. The van der Waals surface area contributed by atoms with E-state index >= 15 is 0 Å². The Balaban J connectivity index is 1.31. The summed E-state index contributed by atoms with van der Waals surface area (Å²) >= 11 is 6.14. The number of likely N-dealkylation sites (tertiary alicyclic amines) is 1. The number of nitrogens with zero attached hydrogens (tertiary/aromatic N) is 4. The van der Waals surface area contributed by atoms with Crippen LogP contribution in [0, 0.1) is 11.3 Å². The molecule has 3 aliphatic rings. The van der Waals surface area contributed by atoms with Gasteiger partial charge >= 0.3 is 0 Å². The lowest BCUT2D eigenvalue weighted by atomic mass is 10.1. The van der Waals surface area contributed by atoms with E-state index in [9.17, 15) is 0 Å². The second-order valence-electron chi connectivity index (χ2n) is 7.64. The number of halogens is 1. The zero-order valence-corrected chi connectivity index (χ0v) is 16.3. The highest BCUT2D eigenvalue weighted by atomic mass is 35.5. The van der Waals surface area contributed by atoms with E-state index in [1.165, 1.54) is 5.57 Å². The number of fused-ring (bicyclic) bond motifs is 2. The number of ether oxygens (including phenoxy) is 1. The third-order valence-corrected chi connectivity index (χ3v) is 6.22. The van der Waals surface area contributed by atoms with Crippen LogP contribution in [0.4, 0.5) is 5.82 Å². The summed E-state index contributed by atoms with van der Waals surface area (Å²) in [7, 11) is 0. The van der Waals surface area contributed by atoms with E-state index in [1.807, 2.05) is 30.3 Å². The van der Waals surface area contributed by atoms with Gasteiger partial charge in [-0.15, -0.1) is 0 Å². The van der Waals surface area contributed by atoms with Crippen molar-refractivity contribution in [3.63, 3.8) is 0 Å². The van der Waals surface area contributed by atoms with Crippen molar-refractivity contribution in [2.75, 3.05) is 31.1 Å². The van der Waals surface area contributed by atoms with Crippen LogP contribution in [0.3, 0.4) is 0 Å². The van der Waals surface area contributed by atoms with E-state index in [2.05, 4.69) is 26.9 Å². The molecule has 2 aromatic rings. The molecule has 6 heteroatoms. The van der Waals surface area contributed by atoms with Crippen molar-refractivity contribution < 1.29 is 4.74 Å². The summed E-state index contributed by atoms with van der Waals surface area (Å²) in [5, 5.41) is 9.87. The zero-order chi connectivity index (χ0) is 19.1. The second kappa shape index (κ2) is 7.12. The quantitative estimate of drug-likeness (QED) is 0.796. The minimum Gasteiger partial charge on any atom is -0.489 e. The summed E-state index contributed by atoms with van der Waals surface area (Å²) in [4.78, 5) is 9.46. The highest BCUT2D eigenvalue weighted by Gasteiger charge is 2.43. The van der Waals surface area contributed by atoms with E-state index in [-0.39, 0.29) is 0 Å². The molecule has 1 aromatic heterocycles. The van der Waals surface area contributed by atoms with Crippen LogP contribution < -0.4 is 9.64 Å². The lowest BCUT2D eigenvalue weighted by Crippen LogP contribution is -2.38. The molecule has 2 atom stereocenters. The lowest BCUT2D eigenvalue weighted by Gasteiger charge is -2.28. The number of nitriles is 1. The zero-order valence-electron chi connectivity index (χ0n) is 15.5. The van der Waals surface area contributed by atoms with Gasteiger partial charge in [-0.1, -0.05) is 17.7 Å². The Bertz CT molecular complexity index is 983.